The molecule has 2 saturated heterocycles. The van der Waals surface area contributed by atoms with Gasteiger partial charge in [-0.25, -0.2) is 0 Å². The molecule has 0 amide bonds. The van der Waals surface area contributed by atoms with E-state index in [1.165, 1.54) is 0 Å². The standard InChI is InChI=1S/C23H28O6S/c1-3-30-23-19(24)21(26-13-15-9-11-17(25-2)12-10-15)20-18(28-23)14-27-22(29-20)16-7-5-4-6-8-16/h4-12,18-24H,3,13-14H2,1-2H3/t18-,19-,20-,21-,22-,23+/m1/s1. The van der Waals surface area contributed by atoms with E-state index in [9.17, 15) is 5.11 Å². The molecule has 0 radical (unpaired) electrons. The van der Waals surface area contributed by atoms with E-state index in [0.717, 1.165) is 22.6 Å². The number of thioether (sulfide) groups is 1. The molecule has 0 bridgehead atoms. The minimum absolute atomic E-state index is 0.293. The molecule has 6 nitrogen and oxygen atoms in total. The summed E-state index contributed by atoms with van der Waals surface area (Å²) < 4.78 is 29.7. The third kappa shape index (κ3) is 4.82. The fourth-order valence-electron chi connectivity index (χ4n) is 3.75. The van der Waals surface area contributed by atoms with Crippen LogP contribution < -0.4 is 4.74 Å². The van der Waals surface area contributed by atoms with E-state index in [2.05, 4.69) is 0 Å². The first-order chi connectivity index (χ1) is 14.7. The largest absolute Gasteiger partial charge is 0.497 e. The molecule has 6 atom stereocenters. The van der Waals surface area contributed by atoms with Crippen molar-refractivity contribution in [2.24, 2.45) is 0 Å². The van der Waals surface area contributed by atoms with E-state index in [-0.39, 0.29) is 11.5 Å². The molecule has 0 aromatic heterocycles. The van der Waals surface area contributed by atoms with Crippen molar-refractivity contribution >= 4 is 11.8 Å². The molecule has 2 aromatic rings. The summed E-state index contributed by atoms with van der Waals surface area (Å²) in [4.78, 5) is 0. The number of rotatable bonds is 7. The van der Waals surface area contributed by atoms with E-state index < -0.39 is 24.6 Å². The number of aliphatic hydroxyl groups is 1. The SMILES string of the molecule is CCS[C@@H]1O[C@@H]2CO[C@@H](c3ccccc3)O[C@H]2[C@H](OCc2ccc(OC)cc2)[C@H]1O. The third-order valence-electron chi connectivity index (χ3n) is 5.31. The Morgan fingerprint density at radius 1 is 1.07 bits per heavy atom. The van der Waals surface area contributed by atoms with Crippen LogP contribution in [0.2, 0.25) is 0 Å². The van der Waals surface area contributed by atoms with E-state index in [4.69, 9.17) is 23.7 Å². The Kier molecular flexibility index (Phi) is 7.30. The second-order valence-electron chi connectivity index (χ2n) is 7.29. The van der Waals surface area contributed by atoms with Crippen molar-refractivity contribution in [2.45, 2.75) is 49.7 Å². The number of hydrogen-bond acceptors (Lipinski definition) is 7. The number of hydrogen-bond donors (Lipinski definition) is 1. The lowest BCUT2D eigenvalue weighted by atomic mass is 9.98. The summed E-state index contributed by atoms with van der Waals surface area (Å²) in [5.74, 6) is 1.63. The Hall–Kier alpha value is -1.61. The number of fused-ring (bicyclic) bond motifs is 1. The quantitative estimate of drug-likeness (QED) is 0.718. The highest BCUT2D eigenvalue weighted by atomic mass is 32.2. The molecule has 2 heterocycles. The number of ether oxygens (including phenoxy) is 5. The summed E-state index contributed by atoms with van der Waals surface area (Å²) in [6.07, 6.45) is -2.55. The van der Waals surface area contributed by atoms with E-state index in [1.807, 2.05) is 61.5 Å². The van der Waals surface area contributed by atoms with Crippen molar-refractivity contribution in [3.8, 4) is 5.75 Å². The molecule has 7 heteroatoms. The van der Waals surface area contributed by atoms with Crippen LogP contribution in [0.5, 0.6) is 5.75 Å². The molecule has 0 unspecified atom stereocenters. The average Bonchev–Trinajstić information content (AvgIpc) is 2.80. The highest BCUT2D eigenvalue weighted by Gasteiger charge is 2.50. The summed E-state index contributed by atoms with van der Waals surface area (Å²) in [6.45, 7) is 2.79. The molecular formula is C23H28O6S. The predicted molar refractivity (Wildman–Crippen MR) is 114 cm³/mol. The first kappa shape index (κ1) is 21.6. The van der Waals surface area contributed by atoms with Gasteiger partial charge in [-0.2, -0.15) is 0 Å². The Morgan fingerprint density at radius 3 is 2.53 bits per heavy atom. The zero-order valence-corrected chi connectivity index (χ0v) is 18.0. The summed E-state index contributed by atoms with van der Waals surface area (Å²) in [7, 11) is 1.64. The Bertz CT molecular complexity index is 786. The maximum atomic E-state index is 11.0. The highest BCUT2D eigenvalue weighted by Crippen LogP contribution is 2.38. The molecule has 1 N–H and O–H groups in total. The monoisotopic (exact) mass is 432 g/mol. The summed E-state index contributed by atoms with van der Waals surface area (Å²) in [5.41, 5.74) is 1.55. The van der Waals surface area contributed by atoms with Gasteiger partial charge in [0.1, 0.15) is 35.6 Å². The van der Waals surface area contributed by atoms with Gasteiger partial charge < -0.3 is 28.8 Å². The first-order valence-electron chi connectivity index (χ1n) is 10.2. The predicted octanol–water partition coefficient (Wildman–Crippen LogP) is 3.53. The summed E-state index contributed by atoms with van der Waals surface area (Å²) in [6, 6.07) is 17.5. The molecule has 30 heavy (non-hydrogen) atoms. The maximum Gasteiger partial charge on any atom is 0.184 e. The van der Waals surface area contributed by atoms with Gasteiger partial charge in [0.05, 0.1) is 20.3 Å². The fraction of sp³-hybridized carbons (Fsp3) is 0.478. The van der Waals surface area contributed by atoms with E-state index in [1.54, 1.807) is 18.9 Å². The Labute approximate surface area is 181 Å². The second-order valence-corrected chi connectivity index (χ2v) is 8.66. The topological polar surface area (TPSA) is 66.4 Å². The minimum Gasteiger partial charge on any atom is -0.497 e. The van der Waals surface area contributed by atoms with Crippen LogP contribution >= 0.6 is 11.8 Å². The van der Waals surface area contributed by atoms with Gasteiger partial charge in [-0.15, -0.1) is 11.8 Å². The normalized spacial score (nSPS) is 31.2. The third-order valence-corrected chi connectivity index (χ3v) is 6.36. The van der Waals surface area contributed by atoms with Crippen LogP contribution in [0.25, 0.3) is 0 Å². The molecule has 0 spiro atoms. The van der Waals surface area contributed by atoms with E-state index >= 15 is 0 Å². The van der Waals surface area contributed by atoms with Crippen LogP contribution in [-0.4, -0.2) is 54.4 Å². The van der Waals surface area contributed by atoms with Crippen molar-refractivity contribution in [3.05, 3.63) is 65.7 Å². The summed E-state index contributed by atoms with van der Waals surface area (Å²) in [5, 5.41) is 11.0. The average molecular weight is 433 g/mol. The zero-order chi connectivity index (χ0) is 20.9. The molecule has 2 aliphatic rings. The van der Waals surface area contributed by atoms with Crippen LogP contribution in [0.4, 0.5) is 0 Å². The van der Waals surface area contributed by atoms with Crippen LogP contribution in [-0.2, 0) is 25.6 Å². The van der Waals surface area contributed by atoms with Crippen molar-refractivity contribution < 1.29 is 28.8 Å². The van der Waals surface area contributed by atoms with Gasteiger partial charge in [-0.3, -0.25) is 0 Å². The summed E-state index contributed by atoms with van der Waals surface area (Å²) >= 11 is 1.56. The van der Waals surface area contributed by atoms with Gasteiger partial charge in [0, 0.05) is 5.56 Å². The molecule has 2 aromatic carbocycles. The first-order valence-corrected chi connectivity index (χ1v) is 11.3. The van der Waals surface area contributed by atoms with Gasteiger partial charge in [0.25, 0.3) is 0 Å². The van der Waals surface area contributed by atoms with Crippen LogP contribution in [0.15, 0.2) is 54.6 Å². The molecule has 0 aliphatic carbocycles. The molecule has 162 valence electrons. The fourth-order valence-corrected chi connectivity index (χ4v) is 4.65. The Balaban J connectivity index is 1.50. The van der Waals surface area contributed by atoms with Crippen molar-refractivity contribution in [1.29, 1.82) is 0 Å². The van der Waals surface area contributed by atoms with Crippen molar-refractivity contribution in [2.75, 3.05) is 19.5 Å². The number of methoxy groups -OCH3 is 1. The molecule has 2 aliphatic heterocycles. The lowest BCUT2D eigenvalue weighted by Gasteiger charge is -2.47. The Morgan fingerprint density at radius 2 is 1.83 bits per heavy atom. The van der Waals surface area contributed by atoms with Gasteiger partial charge in [0.2, 0.25) is 0 Å². The van der Waals surface area contributed by atoms with Gasteiger partial charge in [0.15, 0.2) is 6.29 Å². The number of aliphatic hydroxyl groups excluding tert-OH is 1. The van der Waals surface area contributed by atoms with Crippen LogP contribution in [0, 0.1) is 0 Å². The van der Waals surface area contributed by atoms with Gasteiger partial charge in [-0.05, 0) is 23.4 Å². The highest BCUT2D eigenvalue weighted by molar-refractivity contribution is 7.99. The number of benzene rings is 2. The lowest BCUT2D eigenvalue weighted by molar-refractivity contribution is -0.325. The van der Waals surface area contributed by atoms with Crippen molar-refractivity contribution in [1.82, 2.24) is 0 Å². The molecule has 0 saturated carbocycles. The van der Waals surface area contributed by atoms with Gasteiger partial charge >= 0.3 is 0 Å². The van der Waals surface area contributed by atoms with E-state index in [0.29, 0.717) is 13.2 Å². The van der Waals surface area contributed by atoms with Crippen LogP contribution in [0.1, 0.15) is 24.3 Å². The lowest BCUT2D eigenvalue weighted by Crippen LogP contribution is -2.61. The van der Waals surface area contributed by atoms with Crippen LogP contribution in [0.3, 0.4) is 0 Å². The van der Waals surface area contributed by atoms with Crippen molar-refractivity contribution in [3.63, 3.8) is 0 Å². The molecule has 2 fully saturated rings. The minimum atomic E-state index is -0.802. The molecular weight excluding hydrogens is 404 g/mol. The molecule has 4 rings (SSSR count). The smallest absolute Gasteiger partial charge is 0.184 e. The second kappa shape index (κ2) is 10.1. The van der Waals surface area contributed by atoms with Gasteiger partial charge in [-0.1, -0.05) is 49.4 Å². The zero-order valence-electron chi connectivity index (χ0n) is 17.2. The maximum absolute atomic E-state index is 11.0.